The van der Waals surface area contributed by atoms with E-state index in [0.717, 1.165) is 23.4 Å². The largest absolute Gasteiger partial charge is 0.368 e. The molecule has 0 saturated heterocycles. The Labute approximate surface area is 126 Å². The van der Waals surface area contributed by atoms with Crippen LogP contribution in [0.25, 0.3) is 11.0 Å². The Kier molecular flexibility index (Phi) is 3.69. The maximum absolute atomic E-state index is 10.6. The van der Waals surface area contributed by atoms with Gasteiger partial charge in [0.25, 0.3) is 5.69 Å². The molecule has 1 aromatic carbocycles. The summed E-state index contributed by atoms with van der Waals surface area (Å²) in [5.41, 5.74) is 2.06. The third-order valence-corrected chi connectivity index (χ3v) is 3.45. The molecule has 0 saturated carbocycles. The number of hydrogen-bond acceptors (Lipinski definition) is 5. The molecule has 112 valence electrons. The Morgan fingerprint density at radius 2 is 2.09 bits per heavy atom. The van der Waals surface area contributed by atoms with Crippen molar-refractivity contribution in [2.45, 2.75) is 13.5 Å². The molecule has 7 heteroatoms. The molecular weight excluding hydrogens is 282 g/mol. The van der Waals surface area contributed by atoms with Crippen LogP contribution < -0.4 is 5.32 Å². The Balaban J connectivity index is 1.67. The smallest absolute Gasteiger partial charge is 0.287 e. The number of anilines is 1. The third kappa shape index (κ3) is 2.73. The van der Waals surface area contributed by atoms with E-state index in [1.165, 1.54) is 12.3 Å². The molecule has 0 spiro atoms. The zero-order chi connectivity index (χ0) is 15.5. The van der Waals surface area contributed by atoms with E-state index in [9.17, 15) is 10.1 Å². The first-order chi connectivity index (χ1) is 10.6. The molecule has 3 rings (SSSR count). The van der Waals surface area contributed by atoms with Crippen LogP contribution in [0.15, 0.2) is 42.6 Å². The lowest BCUT2D eigenvalue weighted by atomic mass is 10.3. The van der Waals surface area contributed by atoms with E-state index in [1.807, 2.05) is 31.2 Å². The fourth-order valence-corrected chi connectivity index (χ4v) is 2.37. The number of benzene rings is 1. The van der Waals surface area contributed by atoms with Gasteiger partial charge in [0.1, 0.15) is 17.8 Å². The van der Waals surface area contributed by atoms with E-state index >= 15 is 0 Å². The van der Waals surface area contributed by atoms with E-state index in [1.54, 1.807) is 6.07 Å². The topological polar surface area (TPSA) is 85.9 Å². The van der Waals surface area contributed by atoms with Crippen molar-refractivity contribution in [1.29, 1.82) is 0 Å². The number of aromatic nitrogens is 3. The molecule has 0 aliphatic rings. The number of para-hydroxylation sites is 2. The Morgan fingerprint density at radius 3 is 2.82 bits per heavy atom. The lowest BCUT2D eigenvalue weighted by Gasteiger charge is -2.08. The summed E-state index contributed by atoms with van der Waals surface area (Å²) in [5.74, 6) is 1.58. The average molecular weight is 297 g/mol. The van der Waals surface area contributed by atoms with Crippen molar-refractivity contribution in [3.05, 3.63) is 58.5 Å². The zero-order valence-electron chi connectivity index (χ0n) is 12.1. The van der Waals surface area contributed by atoms with Gasteiger partial charge in [0.2, 0.25) is 0 Å². The average Bonchev–Trinajstić information content (AvgIpc) is 2.84. The number of pyridine rings is 1. The van der Waals surface area contributed by atoms with Gasteiger partial charge in [0, 0.05) is 19.2 Å². The molecule has 0 atom stereocenters. The van der Waals surface area contributed by atoms with E-state index in [0.29, 0.717) is 12.4 Å². The predicted octanol–water partition coefficient (Wildman–Crippen LogP) is 2.76. The first-order valence-electron chi connectivity index (χ1n) is 6.91. The van der Waals surface area contributed by atoms with Gasteiger partial charge >= 0.3 is 0 Å². The van der Waals surface area contributed by atoms with Crippen LogP contribution in [0, 0.1) is 17.0 Å². The number of aryl methyl sites for hydroxylation is 1. The maximum Gasteiger partial charge on any atom is 0.287 e. The highest BCUT2D eigenvalue weighted by Crippen LogP contribution is 2.15. The van der Waals surface area contributed by atoms with Crippen LogP contribution in [0.4, 0.5) is 11.5 Å². The maximum atomic E-state index is 10.6. The predicted molar refractivity (Wildman–Crippen MR) is 83.9 cm³/mol. The van der Waals surface area contributed by atoms with Crippen LogP contribution in [-0.4, -0.2) is 26.0 Å². The van der Waals surface area contributed by atoms with E-state index in [2.05, 4.69) is 19.9 Å². The van der Waals surface area contributed by atoms with E-state index in [-0.39, 0.29) is 5.69 Å². The van der Waals surface area contributed by atoms with Crippen molar-refractivity contribution in [2.75, 3.05) is 11.9 Å². The molecule has 0 radical (unpaired) electrons. The van der Waals surface area contributed by atoms with Gasteiger partial charge in [-0.1, -0.05) is 12.1 Å². The molecular formula is C15H15N5O2. The number of rotatable bonds is 5. The van der Waals surface area contributed by atoms with Crippen LogP contribution in [0.5, 0.6) is 0 Å². The van der Waals surface area contributed by atoms with Crippen molar-refractivity contribution in [3.8, 4) is 0 Å². The van der Waals surface area contributed by atoms with Crippen molar-refractivity contribution in [3.63, 3.8) is 0 Å². The number of nitro groups is 1. The molecule has 0 aliphatic carbocycles. The number of imidazole rings is 1. The number of fused-ring (bicyclic) bond motifs is 1. The highest BCUT2D eigenvalue weighted by Gasteiger charge is 2.07. The molecule has 2 aromatic heterocycles. The SMILES string of the molecule is Cc1nc2ccccc2n1CCNc1ccc([N+](=O)[O-])cn1. The van der Waals surface area contributed by atoms with Crippen LogP contribution in [0.2, 0.25) is 0 Å². The Hall–Kier alpha value is -2.96. The minimum absolute atomic E-state index is 0.0120. The molecule has 0 unspecified atom stereocenters. The Bertz CT molecular complexity index is 810. The van der Waals surface area contributed by atoms with Crippen LogP contribution in [0.3, 0.4) is 0 Å². The van der Waals surface area contributed by atoms with Crippen molar-refractivity contribution in [1.82, 2.24) is 14.5 Å². The summed E-state index contributed by atoms with van der Waals surface area (Å²) in [6, 6.07) is 11.0. The number of nitrogens with one attached hydrogen (secondary N) is 1. The molecule has 0 aliphatic heterocycles. The second-order valence-electron chi connectivity index (χ2n) is 4.88. The monoisotopic (exact) mass is 297 g/mol. The summed E-state index contributed by atoms with van der Waals surface area (Å²) in [5, 5.41) is 13.7. The van der Waals surface area contributed by atoms with Gasteiger partial charge in [0.05, 0.1) is 16.0 Å². The van der Waals surface area contributed by atoms with Gasteiger partial charge in [-0.25, -0.2) is 9.97 Å². The molecule has 0 bridgehead atoms. The summed E-state index contributed by atoms with van der Waals surface area (Å²) in [6.07, 6.45) is 1.25. The lowest BCUT2D eigenvalue weighted by molar-refractivity contribution is -0.385. The van der Waals surface area contributed by atoms with Crippen molar-refractivity contribution >= 4 is 22.5 Å². The molecule has 2 heterocycles. The Morgan fingerprint density at radius 1 is 1.27 bits per heavy atom. The zero-order valence-corrected chi connectivity index (χ0v) is 12.1. The quantitative estimate of drug-likeness (QED) is 0.578. The third-order valence-electron chi connectivity index (χ3n) is 3.45. The lowest BCUT2D eigenvalue weighted by Crippen LogP contribution is -2.12. The van der Waals surface area contributed by atoms with Crippen molar-refractivity contribution < 1.29 is 4.92 Å². The minimum atomic E-state index is -0.461. The molecule has 0 fully saturated rings. The second kappa shape index (κ2) is 5.80. The minimum Gasteiger partial charge on any atom is -0.368 e. The normalized spacial score (nSPS) is 10.8. The fraction of sp³-hybridized carbons (Fsp3) is 0.200. The highest BCUT2D eigenvalue weighted by molar-refractivity contribution is 5.75. The number of hydrogen-bond donors (Lipinski definition) is 1. The van der Waals surface area contributed by atoms with Crippen LogP contribution >= 0.6 is 0 Å². The summed E-state index contributed by atoms with van der Waals surface area (Å²) >= 11 is 0. The van der Waals surface area contributed by atoms with Crippen LogP contribution in [0.1, 0.15) is 5.82 Å². The van der Waals surface area contributed by atoms with Gasteiger partial charge < -0.3 is 9.88 Å². The van der Waals surface area contributed by atoms with Gasteiger partial charge in [-0.2, -0.15) is 0 Å². The van der Waals surface area contributed by atoms with E-state index < -0.39 is 4.92 Å². The first-order valence-corrected chi connectivity index (χ1v) is 6.91. The molecule has 1 N–H and O–H groups in total. The summed E-state index contributed by atoms with van der Waals surface area (Å²) in [6.45, 7) is 3.38. The summed E-state index contributed by atoms with van der Waals surface area (Å²) < 4.78 is 2.13. The fourth-order valence-electron chi connectivity index (χ4n) is 2.37. The van der Waals surface area contributed by atoms with Gasteiger partial charge in [-0.15, -0.1) is 0 Å². The standard InChI is InChI=1S/C15H15N5O2/c1-11-18-13-4-2-3-5-14(13)19(11)9-8-16-15-7-6-12(10-17-15)20(21)22/h2-7,10H,8-9H2,1H3,(H,16,17). The summed E-state index contributed by atoms with van der Waals surface area (Å²) in [4.78, 5) is 18.7. The van der Waals surface area contributed by atoms with Gasteiger partial charge in [-0.3, -0.25) is 10.1 Å². The van der Waals surface area contributed by atoms with E-state index in [4.69, 9.17) is 0 Å². The van der Waals surface area contributed by atoms with Gasteiger partial charge in [0.15, 0.2) is 0 Å². The van der Waals surface area contributed by atoms with Crippen LogP contribution in [-0.2, 0) is 6.54 Å². The first kappa shape index (κ1) is 14.0. The van der Waals surface area contributed by atoms with Gasteiger partial charge in [-0.05, 0) is 25.1 Å². The molecule has 0 amide bonds. The second-order valence-corrected chi connectivity index (χ2v) is 4.88. The highest BCUT2D eigenvalue weighted by atomic mass is 16.6. The number of nitrogens with zero attached hydrogens (tertiary/aromatic N) is 4. The molecule has 7 nitrogen and oxygen atoms in total. The molecule has 3 aromatic rings. The summed E-state index contributed by atoms with van der Waals surface area (Å²) in [7, 11) is 0. The van der Waals surface area contributed by atoms with Crippen molar-refractivity contribution in [2.24, 2.45) is 0 Å². The molecule has 22 heavy (non-hydrogen) atoms.